The third-order valence-corrected chi connectivity index (χ3v) is 5.02. The van der Waals surface area contributed by atoms with Crippen molar-refractivity contribution in [1.29, 1.82) is 0 Å². The van der Waals surface area contributed by atoms with E-state index in [1.165, 1.54) is 18.4 Å². The minimum Gasteiger partial charge on any atom is -0.465 e. The molecule has 21 heavy (non-hydrogen) atoms. The second-order valence-corrected chi connectivity index (χ2v) is 6.43. The van der Waals surface area contributed by atoms with Gasteiger partial charge in [0.2, 0.25) is 0 Å². The Kier molecular flexibility index (Phi) is 4.88. The zero-order valence-corrected chi connectivity index (χ0v) is 13.6. The van der Waals surface area contributed by atoms with Gasteiger partial charge in [-0.25, -0.2) is 4.79 Å². The Labute approximate surface area is 129 Å². The van der Waals surface area contributed by atoms with Crippen LogP contribution in [-0.4, -0.2) is 32.5 Å². The summed E-state index contributed by atoms with van der Waals surface area (Å²) in [4.78, 5) is 26.8. The van der Waals surface area contributed by atoms with Crippen LogP contribution in [0.5, 0.6) is 0 Å². The number of nitrogen functional groups attached to an aromatic ring is 1. The number of ether oxygens (including phenoxy) is 1. The number of anilines is 2. The van der Waals surface area contributed by atoms with Gasteiger partial charge in [-0.15, -0.1) is 11.3 Å². The molecular weight excluding hydrogens is 288 g/mol. The highest BCUT2D eigenvalue weighted by Gasteiger charge is 2.35. The molecule has 0 unspecified atom stereocenters. The minimum atomic E-state index is -0.475. The van der Waals surface area contributed by atoms with Crippen molar-refractivity contribution < 1.29 is 14.3 Å². The first kappa shape index (κ1) is 15.8. The maximum absolute atomic E-state index is 12.3. The molecule has 2 rings (SSSR count). The lowest BCUT2D eigenvalue weighted by Crippen LogP contribution is -2.20. The summed E-state index contributed by atoms with van der Waals surface area (Å²) in [7, 11) is 3.25. The molecule has 0 saturated heterocycles. The number of methoxy groups -OCH3 is 1. The number of thiophene rings is 1. The molecule has 1 aromatic heterocycles. The van der Waals surface area contributed by atoms with Crippen molar-refractivity contribution in [2.75, 3.05) is 31.3 Å². The van der Waals surface area contributed by atoms with Crippen LogP contribution in [-0.2, 0) is 4.74 Å². The normalized spacial score (nSPS) is 14.0. The quantitative estimate of drug-likeness (QED) is 0.619. The number of nitrogens with two attached hydrogens (primary N) is 1. The SMILES string of the molecule is CCCCN(C)c1sc(C(=O)C2CC2)c(N)c1C(=O)OC. The van der Waals surface area contributed by atoms with Gasteiger partial charge < -0.3 is 15.4 Å². The van der Waals surface area contributed by atoms with Gasteiger partial charge in [0.25, 0.3) is 0 Å². The number of Topliss-reactive ketones (excluding diaryl/α,β-unsaturated/α-hetero) is 1. The van der Waals surface area contributed by atoms with E-state index in [2.05, 4.69) is 6.92 Å². The lowest BCUT2D eigenvalue weighted by atomic mass is 10.1. The fraction of sp³-hybridized carbons (Fsp3) is 0.600. The average molecular weight is 310 g/mol. The number of ketones is 1. The number of carbonyl (C=O) groups is 2. The van der Waals surface area contributed by atoms with Crippen molar-refractivity contribution in [2.45, 2.75) is 32.6 Å². The molecule has 6 heteroatoms. The van der Waals surface area contributed by atoms with E-state index in [4.69, 9.17) is 10.5 Å². The minimum absolute atomic E-state index is 0.0674. The maximum Gasteiger partial charge on any atom is 0.343 e. The summed E-state index contributed by atoms with van der Waals surface area (Å²) < 4.78 is 4.83. The van der Waals surface area contributed by atoms with Gasteiger partial charge in [-0.2, -0.15) is 0 Å². The highest BCUT2D eigenvalue weighted by Crippen LogP contribution is 2.43. The predicted molar refractivity (Wildman–Crippen MR) is 85.3 cm³/mol. The lowest BCUT2D eigenvalue weighted by molar-refractivity contribution is 0.0603. The van der Waals surface area contributed by atoms with Crippen LogP contribution in [0.2, 0.25) is 0 Å². The van der Waals surface area contributed by atoms with E-state index < -0.39 is 5.97 Å². The van der Waals surface area contributed by atoms with Gasteiger partial charge in [0.05, 0.1) is 17.7 Å². The Balaban J connectivity index is 2.38. The van der Waals surface area contributed by atoms with Gasteiger partial charge in [-0.1, -0.05) is 13.3 Å². The summed E-state index contributed by atoms with van der Waals surface area (Å²) in [6.07, 6.45) is 3.92. The Bertz CT molecular complexity index is 549. The van der Waals surface area contributed by atoms with Crippen LogP contribution in [0.3, 0.4) is 0 Å². The number of nitrogens with zero attached hydrogens (tertiary/aromatic N) is 1. The van der Waals surface area contributed by atoms with Crippen LogP contribution in [0.25, 0.3) is 0 Å². The van der Waals surface area contributed by atoms with Crippen molar-refractivity contribution >= 4 is 33.8 Å². The van der Waals surface area contributed by atoms with Gasteiger partial charge in [0.1, 0.15) is 10.6 Å². The number of carbonyl (C=O) groups excluding carboxylic acids is 2. The first-order valence-corrected chi connectivity index (χ1v) is 8.08. The molecule has 0 aromatic carbocycles. The fourth-order valence-electron chi connectivity index (χ4n) is 2.21. The second-order valence-electron chi connectivity index (χ2n) is 5.43. The molecule has 0 bridgehead atoms. The van der Waals surface area contributed by atoms with Crippen LogP contribution in [0.4, 0.5) is 10.7 Å². The lowest BCUT2D eigenvalue weighted by Gasteiger charge is -2.18. The number of esters is 1. The summed E-state index contributed by atoms with van der Waals surface area (Å²) in [6.45, 7) is 2.93. The smallest absolute Gasteiger partial charge is 0.343 e. The first-order valence-electron chi connectivity index (χ1n) is 7.27. The predicted octanol–water partition coefficient (Wildman–Crippen LogP) is 2.95. The Morgan fingerprint density at radius 1 is 1.43 bits per heavy atom. The van der Waals surface area contributed by atoms with Crippen LogP contribution in [0, 0.1) is 5.92 Å². The topological polar surface area (TPSA) is 72.6 Å². The molecule has 1 heterocycles. The molecule has 1 saturated carbocycles. The average Bonchev–Trinajstić information content (AvgIpc) is 3.26. The van der Waals surface area contributed by atoms with Crippen LogP contribution in [0.15, 0.2) is 0 Å². The van der Waals surface area contributed by atoms with Gasteiger partial charge in [0, 0.05) is 19.5 Å². The summed E-state index contributed by atoms with van der Waals surface area (Å²) in [5.41, 5.74) is 6.69. The van der Waals surface area contributed by atoms with Crippen molar-refractivity contribution in [1.82, 2.24) is 0 Å². The zero-order valence-electron chi connectivity index (χ0n) is 12.8. The second kappa shape index (κ2) is 6.47. The van der Waals surface area contributed by atoms with Crippen molar-refractivity contribution in [3.05, 3.63) is 10.4 Å². The number of hydrogen-bond donors (Lipinski definition) is 1. The molecule has 0 amide bonds. The molecule has 116 valence electrons. The third-order valence-electron chi connectivity index (χ3n) is 3.68. The van der Waals surface area contributed by atoms with E-state index in [0.29, 0.717) is 10.4 Å². The number of rotatable bonds is 7. The van der Waals surface area contributed by atoms with Crippen molar-refractivity contribution in [2.24, 2.45) is 5.92 Å². The van der Waals surface area contributed by atoms with E-state index in [1.54, 1.807) is 0 Å². The van der Waals surface area contributed by atoms with Gasteiger partial charge >= 0.3 is 5.97 Å². The van der Waals surface area contributed by atoms with Crippen LogP contribution < -0.4 is 10.6 Å². The molecule has 0 atom stereocenters. The highest BCUT2D eigenvalue weighted by molar-refractivity contribution is 7.19. The van der Waals surface area contributed by atoms with Gasteiger partial charge in [-0.3, -0.25) is 4.79 Å². The van der Waals surface area contributed by atoms with E-state index in [0.717, 1.165) is 37.2 Å². The standard InChI is InChI=1S/C15H22N2O3S/c1-4-5-8-17(2)14-10(15(19)20-3)11(16)13(21-14)12(18)9-6-7-9/h9H,4-8,16H2,1-3H3. The van der Waals surface area contributed by atoms with E-state index >= 15 is 0 Å². The Morgan fingerprint density at radius 2 is 2.10 bits per heavy atom. The third kappa shape index (κ3) is 3.20. The molecule has 5 nitrogen and oxygen atoms in total. The molecule has 1 aliphatic rings. The molecule has 1 aliphatic carbocycles. The summed E-state index contributed by atoms with van der Waals surface area (Å²) in [5.74, 6) is -0.319. The molecule has 0 aliphatic heterocycles. The largest absolute Gasteiger partial charge is 0.465 e. The molecule has 0 radical (unpaired) electrons. The van der Waals surface area contributed by atoms with Crippen LogP contribution >= 0.6 is 11.3 Å². The molecule has 0 spiro atoms. The molecular formula is C15H22N2O3S. The van der Waals surface area contributed by atoms with E-state index in [-0.39, 0.29) is 17.4 Å². The summed E-state index contributed by atoms with van der Waals surface area (Å²) in [6, 6.07) is 0. The monoisotopic (exact) mass is 310 g/mol. The van der Waals surface area contributed by atoms with Crippen LogP contribution in [0.1, 0.15) is 52.6 Å². The van der Waals surface area contributed by atoms with E-state index in [1.807, 2.05) is 11.9 Å². The highest BCUT2D eigenvalue weighted by atomic mass is 32.1. The number of hydrogen-bond acceptors (Lipinski definition) is 6. The fourth-order valence-corrected chi connectivity index (χ4v) is 3.43. The van der Waals surface area contributed by atoms with E-state index in [9.17, 15) is 9.59 Å². The van der Waals surface area contributed by atoms with Gasteiger partial charge in [-0.05, 0) is 19.3 Å². The number of unbranched alkanes of at least 4 members (excludes halogenated alkanes) is 1. The summed E-state index contributed by atoms with van der Waals surface area (Å²) >= 11 is 1.32. The molecule has 1 fully saturated rings. The maximum atomic E-state index is 12.3. The molecule has 2 N–H and O–H groups in total. The van der Waals surface area contributed by atoms with Crippen molar-refractivity contribution in [3.8, 4) is 0 Å². The first-order chi connectivity index (χ1) is 10.0. The molecule has 1 aromatic rings. The summed E-state index contributed by atoms with van der Waals surface area (Å²) in [5, 5.41) is 0.733. The van der Waals surface area contributed by atoms with Crippen molar-refractivity contribution in [3.63, 3.8) is 0 Å². The Hall–Kier alpha value is -1.56. The zero-order chi connectivity index (χ0) is 15.6. The van der Waals surface area contributed by atoms with Gasteiger partial charge in [0.15, 0.2) is 5.78 Å². The Morgan fingerprint density at radius 3 is 2.62 bits per heavy atom.